The van der Waals surface area contributed by atoms with E-state index in [4.69, 9.17) is 0 Å². The minimum atomic E-state index is -3.84. The highest BCUT2D eigenvalue weighted by Crippen LogP contribution is 2.16. The molecular weight excluding hydrogens is 305 g/mol. The Hall–Kier alpha value is -1.12. The molecule has 0 spiro atoms. The first-order valence-corrected chi connectivity index (χ1v) is 8.13. The Bertz CT molecular complexity index is 581. The van der Waals surface area contributed by atoms with Gasteiger partial charge in [-0.05, 0) is 37.6 Å². The molecule has 1 unspecified atom stereocenters. The van der Waals surface area contributed by atoms with E-state index in [2.05, 4.69) is 4.72 Å². The summed E-state index contributed by atoms with van der Waals surface area (Å²) in [6.07, 6.45) is -1.22. The van der Waals surface area contributed by atoms with Gasteiger partial charge in [-0.15, -0.1) is 0 Å². The fourth-order valence-electron chi connectivity index (χ4n) is 2.43. The van der Waals surface area contributed by atoms with Crippen molar-refractivity contribution in [2.75, 3.05) is 19.6 Å². The molecule has 0 saturated carbocycles. The van der Waals surface area contributed by atoms with E-state index in [-0.39, 0.29) is 18.0 Å². The van der Waals surface area contributed by atoms with Crippen LogP contribution >= 0.6 is 0 Å². The smallest absolute Gasteiger partial charge is 0.251 e. The lowest BCUT2D eigenvalue weighted by Gasteiger charge is -2.32. The Balaban J connectivity index is 2.03. The van der Waals surface area contributed by atoms with E-state index in [1.807, 2.05) is 0 Å². The normalized spacial score (nSPS) is 20.9. The third-order valence-corrected chi connectivity index (χ3v) is 4.85. The molecule has 8 heteroatoms. The minimum Gasteiger partial charge on any atom is -0.296 e. The molecule has 1 heterocycles. The quantitative estimate of drug-likeness (QED) is 0.900. The fraction of sp³-hybridized carbons (Fsp3) is 0.538. The number of sulfonamides is 1. The summed E-state index contributed by atoms with van der Waals surface area (Å²) < 4.78 is 64.6. The van der Waals surface area contributed by atoms with Crippen LogP contribution in [0.1, 0.15) is 12.8 Å². The molecule has 0 radical (unpaired) electrons. The lowest BCUT2D eigenvalue weighted by Crippen LogP contribution is -2.48. The topological polar surface area (TPSA) is 49.4 Å². The number of benzene rings is 1. The summed E-state index contributed by atoms with van der Waals surface area (Å²) in [5.74, 6) is -0.638. The number of hydrogen-bond acceptors (Lipinski definition) is 3. The highest BCUT2D eigenvalue weighted by atomic mass is 32.2. The molecule has 1 atom stereocenters. The molecular formula is C13H17F3N2O2S. The van der Waals surface area contributed by atoms with Gasteiger partial charge in [0.2, 0.25) is 10.0 Å². The zero-order chi connectivity index (χ0) is 15.5. The minimum absolute atomic E-state index is 0.159. The van der Waals surface area contributed by atoms with Crippen molar-refractivity contribution in [2.45, 2.75) is 30.2 Å². The maximum Gasteiger partial charge on any atom is 0.251 e. The Morgan fingerprint density at radius 1 is 1.38 bits per heavy atom. The van der Waals surface area contributed by atoms with Crippen molar-refractivity contribution >= 4 is 10.0 Å². The monoisotopic (exact) mass is 322 g/mol. The molecule has 1 aromatic carbocycles. The lowest BCUT2D eigenvalue weighted by molar-refractivity contribution is 0.0730. The van der Waals surface area contributed by atoms with Crippen LogP contribution in [0.3, 0.4) is 0 Å². The molecule has 1 aromatic rings. The molecule has 4 nitrogen and oxygen atoms in total. The maximum absolute atomic E-state index is 13.1. The number of nitrogens with zero attached hydrogens (tertiary/aromatic N) is 1. The average molecular weight is 322 g/mol. The van der Waals surface area contributed by atoms with Crippen LogP contribution in [0.2, 0.25) is 0 Å². The van der Waals surface area contributed by atoms with Crippen LogP contribution < -0.4 is 4.72 Å². The van der Waals surface area contributed by atoms with Gasteiger partial charge >= 0.3 is 0 Å². The first-order valence-electron chi connectivity index (χ1n) is 6.65. The summed E-state index contributed by atoms with van der Waals surface area (Å²) >= 11 is 0. The number of hydrogen-bond donors (Lipinski definition) is 1. The Kier molecular flexibility index (Phi) is 5.23. The zero-order valence-electron chi connectivity index (χ0n) is 11.3. The SMILES string of the molecule is O=S(=O)(NC1CCCN(CC(F)F)C1)c1cccc(F)c1. The van der Waals surface area contributed by atoms with Gasteiger partial charge in [-0.2, -0.15) is 0 Å². The molecule has 0 aromatic heterocycles. The van der Waals surface area contributed by atoms with Crippen molar-refractivity contribution in [3.05, 3.63) is 30.1 Å². The van der Waals surface area contributed by atoms with Gasteiger partial charge in [-0.25, -0.2) is 26.3 Å². The predicted molar refractivity (Wildman–Crippen MR) is 72.2 cm³/mol. The summed E-state index contributed by atoms with van der Waals surface area (Å²) in [7, 11) is -3.84. The molecule has 1 N–H and O–H groups in total. The van der Waals surface area contributed by atoms with E-state index >= 15 is 0 Å². The Morgan fingerprint density at radius 2 is 2.14 bits per heavy atom. The second-order valence-electron chi connectivity index (χ2n) is 5.07. The Morgan fingerprint density at radius 3 is 2.81 bits per heavy atom. The van der Waals surface area contributed by atoms with Crippen molar-refractivity contribution in [1.29, 1.82) is 0 Å². The van der Waals surface area contributed by atoms with Crippen LogP contribution in [0, 0.1) is 5.82 Å². The van der Waals surface area contributed by atoms with Gasteiger partial charge in [0.25, 0.3) is 6.43 Å². The number of rotatable bonds is 5. The van der Waals surface area contributed by atoms with E-state index in [9.17, 15) is 21.6 Å². The molecule has 2 rings (SSSR count). The summed E-state index contributed by atoms with van der Waals surface area (Å²) in [4.78, 5) is 1.38. The van der Waals surface area contributed by atoms with Crippen molar-refractivity contribution < 1.29 is 21.6 Å². The lowest BCUT2D eigenvalue weighted by atomic mass is 10.1. The van der Waals surface area contributed by atoms with Gasteiger partial charge in [-0.3, -0.25) is 4.90 Å². The van der Waals surface area contributed by atoms with Crippen molar-refractivity contribution in [2.24, 2.45) is 0 Å². The number of nitrogens with one attached hydrogen (secondary N) is 1. The number of piperidine rings is 1. The largest absolute Gasteiger partial charge is 0.296 e. The van der Waals surface area contributed by atoms with E-state index in [1.165, 1.54) is 17.0 Å². The van der Waals surface area contributed by atoms with Gasteiger partial charge in [0.15, 0.2) is 0 Å². The van der Waals surface area contributed by atoms with Crippen LogP contribution in [-0.2, 0) is 10.0 Å². The molecule has 1 saturated heterocycles. The summed E-state index contributed by atoms with van der Waals surface area (Å²) in [5.41, 5.74) is 0. The summed E-state index contributed by atoms with van der Waals surface area (Å²) in [5, 5.41) is 0. The average Bonchev–Trinajstić information content (AvgIpc) is 2.37. The van der Waals surface area contributed by atoms with Crippen molar-refractivity contribution in [1.82, 2.24) is 9.62 Å². The number of halogens is 3. The van der Waals surface area contributed by atoms with Gasteiger partial charge in [-0.1, -0.05) is 6.07 Å². The first kappa shape index (κ1) is 16.3. The van der Waals surface area contributed by atoms with Gasteiger partial charge in [0.1, 0.15) is 5.82 Å². The van der Waals surface area contributed by atoms with Crippen molar-refractivity contribution in [3.8, 4) is 0 Å². The van der Waals surface area contributed by atoms with Crippen LogP contribution in [0.4, 0.5) is 13.2 Å². The molecule has 1 fully saturated rings. The summed E-state index contributed by atoms with van der Waals surface area (Å²) in [6, 6.07) is 4.26. The molecule has 1 aliphatic heterocycles. The molecule has 0 bridgehead atoms. The second kappa shape index (κ2) is 6.76. The predicted octanol–water partition coefficient (Wildman–Crippen LogP) is 1.83. The summed E-state index contributed by atoms with van der Waals surface area (Å²) in [6.45, 7) is 0.402. The van der Waals surface area contributed by atoms with Gasteiger partial charge < -0.3 is 0 Å². The molecule has 0 aliphatic carbocycles. The number of likely N-dealkylation sites (tertiary alicyclic amines) is 1. The fourth-order valence-corrected chi connectivity index (χ4v) is 3.73. The van der Waals surface area contributed by atoms with Crippen LogP contribution in [-0.4, -0.2) is 45.4 Å². The van der Waals surface area contributed by atoms with Crippen LogP contribution in [0.15, 0.2) is 29.2 Å². The van der Waals surface area contributed by atoms with Gasteiger partial charge in [0, 0.05) is 12.6 Å². The molecule has 0 amide bonds. The zero-order valence-corrected chi connectivity index (χ0v) is 12.1. The Labute approximate surface area is 122 Å². The second-order valence-corrected chi connectivity index (χ2v) is 6.78. The van der Waals surface area contributed by atoms with Crippen molar-refractivity contribution in [3.63, 3.8) is 0 Å². The number of alkyl halides is 2. The first-order chi connectivity index (χ1) is 9.87. The van der Waals surface area contributed by atoms with Gasteiger partial charge in [0.05, 0.1) is 11.4 Å². The standard InChI is InChI=1S/C13H17F3N2O2S/c14-10-3-1-5-12(7-10)21(19,20)17-11-4-2-6-18(8-11)9-13(15)16/h1,3,5,7,11,13,17H,2,4,6,8-9H2. The van der Waals surface area contributed by atoms with E-state index in [0.29, 0.717) is 19.4 Å². The van der Waals surface area contributed by atoms with E-state index in [0.717, 1.165) is 12.1 Å². The van der Waals surface area contributed by atoms with Crippen LogP contribution in [0.25, 0.3) is 0 Å². The third-order valence-electron chi connectivity index (χ3n) is 3.33. The van der Waals surface area contributed by atoms with Crippen LogP contribution in [0.5, 0.6) is 0 Å². The molecule has 118 valence electrons. The third kappa shape index (κ3) is 4.69. The van der Waals surface area contributed by atoms with E-state index < -0.39 is 28.3 Å². The highest BCUT2D eigenvalue weighted by Gasteiger charge is 2.26. The highest BCUT2D eigenvalue weighted by molar-refractivity contribution is 7.89. The maximum atomic E-state index is 13.1. The van der Waals surface area contributed by atoms with E-state index in [1.54, 1.807) is 0 Å². The molecule has 21 heavy (non-hydrogen) atoms. The molecule has 1 aliphatic rings.